The summed E-state index contributed by atoms with van der Waals surface area (Å²) in [5.41, 5.74) is 0. The molecular weight excluding hydrogens is 290 g/mol. The van der Waals surface area contributed by atoms with E-state index in [2.05, 4.69) is 42.8 Å². The van der Waals surface area contributed by atoms with Crippen LogP contribution in [0.1, 0.15) is 25.7 Å². The highest BCUT2D eigenvalue weighted by Gasteiger charge is 2.26. The van der Waals surface area contributed by atoms with Crippen molar-refractivity contribution in [2.75, 3.05) is 31.1 Å². The fourth-order valence-electron chi connectivity index (χ4n) is 3.16. The number of pyridine rings is 1. The van der Waals surface area contributed by atoms with E-state index in [9.17, 15) is 0 Å². The number of piperazine rings is 1. The Morgan fingerprint density at radius 2 is 1.78 bits per heavy atom. The molecule has 4 heteroatoms. The van der Waals surface area contributed by atoms with Gasteiger partial charge in [0.05, 0.1) is 0 Å². The highest BCUT2D eigenvalue weighted by molar-refractivity contribution is 9.10. The third-order valence-electron chi connectivity index (χ3n) is 4.18. The van der Waals surface area contributed by atoms with Crippen LogP contribution in [0.2, 0.25) is 0 Å². The molecule has 2 aliphatic rings. The molecule has 18 heavy (non-hydrogen) atoms. The number of aromatic nitrogens is 1. The zero-order valence-corrected chi connectivity index (χ0v) is 12.3. The lowest BCUT2D eigenvalue weighted by molar-refractivity contribution is 0.187. The Morgan fingerprint density at radius 3 is 2.44 bits per heavy atom. The average Bonchev–Trinajstić information content (AvgIpc) is 2.93. The van der Waals surface area contributed by atoms with Gasteiger partial charge in [-0.05, 0) is 40.9 Å². The molecule has 1 saturated carbocycles. The van der Waals surface area contributed by atoms with Gasteiger partial charge in [0.25, 0.3) is 0 Å². The predicted molar refractivity (Wildman–Crippen MR) is 78.0 cm³/mol. The van der Waals surface area contributed by atoms with Crippen LogP contribution in [0.4, 0.5) is 5.82 Å². The Labute approximate surface area is 117 Å². The summed E-state index contributed by atoms with van der Waals surface area (Å²) in [5.74, 6) is 1.11. The molecule has 2 heterocycles. The van der Waals surface area contributed by atoms with E-state index in [1.807, 2.05) is 6.07 Å². The van der Waals surface area contributed by atoms with Crippen molar-refractivity contribution in [2.24, 2.45) is 0 Å². The Balaban J connectivity index is 1.59. The summed E-state index contributed by atoms with van der Waals surface area (Å²) in [7, 11) is 0. The number of hydrogen-bond acceptors (Lipinski definition) is 3. The summed E-state index contributed by atoms with van der Waals surface area (Å²) in [6, 6.07) is 7.02. The minimum atomic E-state index is 0.864. The van der Waals surface area contributed by atoms with Gasteiger partial charge < -0.3 is 4.90 Å². The molecule has 0 aromatic carbocycles. The second kappa shape index (κ2) is 5.57. The van der Waals surface area contributed by atoms with Gasteiger partial charge in [0.2, 0.25) is 0 Å². The van der Waals surface area contributed by atoms with E-state index >= 15 is 0 Å². The van der Waals surface area contributed by atoms with E-state index in [1.54, 1.807) is 0 Å². The Morgan fingerprint density at radius 1 is 1.06 bits per heavy atom. The maximum Gasteiger partial charge on any atom is 0.129 e. The summed E-state index contributed by atoms with van der Waals surface area (Å²) < 4.78 is 0.929. The minimum absolute atomic E-state index is 0.864. The van der Waals surface area contributed by atoms with Gasteiger partial charge in [0.15, 0.2) is 0 Å². The molecule has 0 unspecified atom stereocenters. The predicted octanol–water partition coefficient (Wildman–Crippen LogP) is 2.91. The largest absolute Gasteiger partial charge is 0.354 e. The molecule has 1 aliphatic carbocycles. The third-order valence-corrected chi connectivity index (χ3v) is 4.62. The van der Waals surface area contributed by atoms with Crippen LogP contribution in [-0.2, 0) is 0 Å². The van der Waals surface area contributed by atoms with Crippen LogP contribution in [0.3, 0.4) is 0 Å². The van der Waals surface area contributed by atoms with Crippen LogP contribution in [0, 0.1) is 0 Å². The van der Waals surface area contributed by atoms with Crippen LogP contribution in [0.15, 0.2) is 22.8 Å². The molecule has 3 rings (SSSR count). The lowest BCUT2D eigenvalue weighted by Gasteiger charge is -2.38. The van der Waals surface area contributed by atoms with Crippen LogP contribution in [0.25, 0.3) is 0 Å². The maximum atomic E-state index is 4.54. The molecule has 1 aromatic heterocycles. The van der Waals surface area contributed by atoms with Gasteiger partial charge in [0.1, 0.15) is 10.4 Å². The van der Waals surface area contributed by atoms with E-state index in [0.29, 0.717) is 0 Å². The first-order valence-electron chi connectivity index (χ1n) is 6.94. The SMILES string of the molecule is Brc1cccc(N2CCN(C3CCCC3)CC2)n1. The lowest BCUT2D eigenvalue weighted by atomic mass is 10.2. The maximum absolute atomic E-state index is 4.54. The quantitative estimate of drug-likeness (QED) is 0.783. The van der Waals surface area contributed by atoms with E-state index in [4.69, 9.17) is 0 Å². The summed E-state index contributed by atoms with van der Waals surface area (Å²) in [6.45, 7) is 4.61. The zero-order chi connectivity index (χ0) is 12.4. The summed E-state index contributed by atoms with van der Waals surface area (Å²) in [6.07, 6.45) is 5.68. The minimum Gasteiger partial charge on any atom is -0.354 e. The van der Waals surface area contributed by atoms with Crippen molar-refractivity contribution in [2.45, 2.75) is 31.7 Å². The number of anilines is 1. The van der Waals surface area contributed by atoms with Gasteiger partial charge in [-0.2, -0.15) is 0 Å². The Kier molecular flexibility index (Phi) is 3.85. The fourth-order valence-corrected chi connectivity index (χ4v) is 3.49. The van der Waals surface area contributed by atoms with Gasteiger partial charge in [-0.3, -0.25) is 4.90 Å². The summed E-state index contributed by atoms with van der Waals surface area (Å²) >= 11 is 3.45. The van der Waals surface area contributed by atoms with E-state index in [0.717, 1.165) is 29.6 Å². The number of halogens is 1. The van der Waals surface area contributed by atoms with Crippen molar-refractivity contribution in [1.29, 1.82) is 0 Å². The van der Waals surface area contributed by atoms with Gasteiger partial charge in [-0.15, -0.1) is 0 Å². The monoisotopic (exact) mass is 309 g/mol. The molecular formula is C14H20BrN3. The average molecular weight is 310 g/mol. The Hall–Kier alpha value is -0.610. The van der Waals surface area contributed by atoms with E-state index in [-0.39, 0.29) is 0 Å². The van der Waals surface area contributed by atoms with Crippen molar-refractivity contribution >= 4 is 21.7 Å². The highest BCUT2D eigenvalue weighted by Crippen LogP contribution is 2.25. The number of nitrogens with zero attached hydrogens (tertiary/aromatic N) is 3. The normalized spacial score (nSPS) is 22.6. The number of hydrogen-bond donors (Lipinski definition) is 0. The summed E-state index contributed by atoms with van der Waals surface area (Å²) in [5, 5.41) is 0. The molecule has 0 bridgehead atoms. The fraction of sp³-hybridized carbons (Fsp3) is 0.643. The van der Waals surface area contributed by atoms with E-state index < -0.39 is 0 Å². The molecule has 1 aliphatic heterocycles. The molecule has 2 fully saturated rings. The molecule has 0 atom stereocenters. The Bertz CT molecular complexity index is 396. The first kappa shape index (κ1) is 12.4. The number of rotatable bonds is 2. The molecule has 98 valence electrons. The standard InChI is InChI=1S/C14H20BrN3/c15-13-6-3-7-14(16-13)18-10-8-17(9-11-18)12-4-1-2-5-12/h3,6-7,12H,1-2,4-5,8-11H2. The van der Waals surface area contributed by atoms with Gasteiger partial charge in [-0.25, -0.2) is 4.98 Å². The van der Waals surface area contributed by atoms with Gasteiger partial charge >= 0.3 is 0 Å². The van der Waals surface area contributed by atoms with Gasteiger partial charge in [0, 0.05) is 32.2 Å². The van der Waals surface area contributed by atoms with E-state index in [1.165, 1.54) is 38.8 Å². The lowest BCUT2D eigenvalue weighted by Crippen LogP contribution is -2.50. The molecule has 3 nitrogen and oxygen atoms in total. The van der Waals surface area contributed by atoms with Crippen molar-refractivity contribution in [1.82, 2.24) is 9.88 Å². The third kappa shape index (κ3) is 2.69. The highest BCUT2D eigenvalue weighted by atomic mass is 79.9. The topological polar surface area (TPSA) is 19.4 Å². The molecule has 0 N–H and O–H groups in total. The molecule has 1 aromatic rings. The first-order chi connectivity index (χ1) is 8.83. The van der Waals surface area contributed by atoms with Crippen molar-refractivity contribution < 1.29 is 0 Å². The zero-order valence-electron chi connectivity index (χ0n) is 10.7. The van der Waals surface area contributed by atoms with Gasteiger partial charge in [-0.1, -0.05) is 18.9 Å². The smallest absolute Gasteiger partial charge is 0.129 e. The van der Waals surface area contributed by atoms with Crippen molar-refractivity contribution in [3.8, 4) is 0 Å². The second-order valence-electron chi connectivity index (χ2n) is 5.28. The van der Waals surface area contributed by atoms with Crippen LogP contribution in [-0.4, -0.2) is 42.1 Å². The molecule has 0 spiro atoms. The van der Waals surface area contributed by atoms with Crippen molar-refractivity contribution in [3.63, 3.8) is 0 Å². The first-order valence-corrected chi connectivity index (χ1v) is 7.74. The van der Waals surface area contributed by atoms with Crippen LogP contribution in [0.5, 0.6) is 0 Å². The molecule has 0 radical (unpaired) electrons. The molecule has 1 saturated heterocycles. The summed E-state index contributed by atoms with van der Waals surface area (Å²) in [4.78, 5) is 9.62. The van der Waals surface area contributed by atoms with Crippen LogP contribution < -0.4 is 4.90 Å². The second-order valence-corrected chi connectivity index (χ2v) is 6.09. The molecule has 0 amide bonds. The van der Waals surface area contributed by atoms with Crippen LogP contribution >= 0.6 is 15.9 Å². The van der Waals surface area contributed by atoms with Crippen molar-refractivity contribution in [3.05, 3.63) is 22.8 Å².